The van der Waals surface area contributed by atoms with Crippen molar-refractivity contribution < 1.29 is 14.3 Å². The second-order valence-corrected chi connectivity index (χ2v) is 7.13. The Balaban J connectivity index is 1.59. The highest BCUT2D eigenvalue weighted by molar-refractivity contribution is 5.79. The molecule has 7 nitrogen and oxygen atoms in total. The molecule has 1 fully saturated rings. The zero-order valence-corrected chi connectivity index (χ0v) is 16.5. The Kier molecular flexibility index (Phi) is 5.20. The van der Waals surface area contributed by atoms with Gasteiger partial charge >= 0.3 is 0 Å². The number of amides is 1. The number of aromatic nitrogens is 2. The van der Waals surface area contributed by atoms with Crippen LogP contribution in [0.1, 0.15) is 18.4 Å². The molecule has 1 amide bonds. The van der Waals surface area contributed by atoms with Crippen LogP contribution in [-0.2, 0) is 17.9 Å². The molecule has 7 heteroatoms. The summed E-state index contributed by atoms with van der Waals surface area (Å²) in [6.45, 7) is 0.360. The number of benzene rings is 2. The first-order valence-electron chi connectivity index (χ1n) is 9.55. The van der Waals surface area contributed by atoms with E-state index in [0.29, 0.717) is 28.9 Å². The summed E-state index contributed by atoms with van der Waals surface area (Å²) < 4.78 is 12.1. The molecule has 0 spiro atoms. The Morgan fingerprint density at radius 3 is 2.69 bits per heavy atom. The van der Waals surface area contributed by atoms with Gasteiger partial charge in [-0.05, 0) is 43.2 Å². The monoisotopic (exact) mass is 393 g/mol. The van der Waals surface area contributed by atoms with E-state index in [2.05, 4.69) is 4.98 Å². The van der Waals surface area contributed by atoms with Gasteiger partial charge in [0.2, 0.25) is 5.91 Å². The molecule has 1 aliphatic rings. The minimum atomic E-state index is -0.210. The van der Waals surface area contributed by atoms with Gasteiger partial charge in [0, 0.05) is 18.2 Å². The van der Waals surface area contributed by atoms with Gasteiger partial charge in [-0.15, -0.1) is 0 Å². The number of hydrogen-bond donors (Lipinski definition) is 0. The standard InChI is InChI=1S/C22H23N3O4/c1-28-17-9-10-20(29-2)15(11-17)12-25(16-7-8-16)21(26)13-24-14-23-19-6-4-3-5-18(19)22(24)27/h3-6,9-11,14,16H,7-8,12-13H2,1-2H3. The summed E-state index contributed by atoms with van der Waals surface area (Å²) in [5.74, 6) is 1.30. The first-order chi connectivity index (χ1) is 14.1. The largest absolute Gasteiger partial charge is 0.497 e. The molecule has 2 aromatic carbocycles. The highest BCUT2D eigenvalue weighted by atomic mass is 16.5. The van der Waals surface area contributed by atoms with E-state index in [9.17, 15) is 9.59 Å². The van der Waals surface area contributed by atoms with Crippen molar-refractivity contribution in [3.8, 4) is 11.5 Å². The van der Waals surface area contributed by atoms with Crippen molar-refractivity contribution in [2.75, 3.05) is 14.2 Å². The predicted molar refractivity (Wildman–Crippen MR) is 109 cm³/mol. The molecule has 0 atom stereocenters. The fraction of sp³-hybridized carbons (Fsp3) is 0.318. The summed E-state index contributed by atoms with van der Waals surface area (Å²) in [6.07, 6.45) is 3.37. The highest BCUT2D eigenvalue weighted by Crippen LogP contribution is 2.32. The number of ether oxygens (including phenoxy) is 2. The van der Waals surface area contributed by atoms with E-state index in [-0.39, 0.29) is 24.1 Å². The van der Waals surface area contributed by atoms with Crippen molar-refractivity contribution in [2.24, 2.45) is 0 Å². The molecular weight excluding hydrogens is 370 g/mol. The van der Waals surface area contributed by atoms with Crippen LogP contribution in [0, 0.1) is 0 Å². The van der Waals surface area contributed by atoms with Crippen LogP contribution in [0.3, 0.4) is 0 Å². The first kappa shape index (κ1) is 19.0. The summed E-state index contributed by atoms with van der Waals surface area (Å²) in [4.78, 5) is 32.0. The summed E-state index contributed by atoms with van der Waals surface area (Å²) in [5, 5.41) is 0.509. The zero-order valence-electron chi connectivity index (χ0n) is 16.5. The Morgan fingerprint density at radius 1 is 1.17 bits per heavy atom. The number of methoxy groups -OCH3 is 2. The Labute approximate surface area is 168 Å². The summed E-state index contributed by atoms with van der Waals surface area (Å²) >= 11 is 0. The topological polar surface area (TPSA) is 73.7 Å². The van der Waals surface area contributed by atoms with Gasteiger partial charge in [-0.25, -0.2) is 4.98 Å². The number of carbonyl (C=O) groups is 1. The SMILES string of the molecule is COc1ccc(OC)c(CN(C(=O)Cn2cnc3ccccc3c2=O)C2CC2)c1. The van der Waals surface area contributed by atoms with E-state index >= 15 is 0 Å². The van der Waals surface area contributed by atoms with Gasteiger partial charge in [0.05, 0.1) is 31.4 Å². The molecule has 1 aliphatic carbocycles. The average Bonchev–Trinajstić information content (AvgIpc) is 3.59. The third-order valence-electron chi connectivity index (χ3n) is 5.17. The van der Waals surface area contributed by atoms with Gasteiger partial charge < -0.3 is 14.4 Å². The smallest absolute Gasteiger partial charge is 0.261 e. The zero-order chi connectivity index (χ0) is 20.4. The lowest BCUT2D eigenvalue weighted by Crippen LogP contribution is -2.37. The van der Waals surface area contributed by atoms with Crippen LogP contribution in [0.15, 0.2) is 53.6 Å². The number of para-hydroxylation sites is 1. The number of nitrogens with zero attached hydrogens (tertiary/aromatic N) is 3. The van der Waals surface area contributed by atoms with Crippen LogP contribution >= 0.6 is 0 Å². The third-order valence-corrected chi connectivity index (χ3v) is 5.17. The first-order valence-corrected chi connectivity index (χ1v) is 9.55. The molecule has 1 heterocycles. The molecule has 4 rings (SSSR count). The van der Waals surface area contributed by atoms with Gasteiger partial charge in [-0.3, -0.25) is 14.2 Å². The molecular formula is C22H23N3O4. The lowest BCUT2D eigenvalue weighted by Gasteiger charge is -2.24. The van der Waals surface area contributed by atoms with Gasteiger partial charge in [0.25, 0.3) is 5.56 Å². The third kappa shape index (κ3) is 3.94. The lowest BCUT2D eigenvalue weighted by atomic mass is 10.1. The van der Waals surface area contributed by atoms with Crippen molar-refractivity contribution in [1.82, 2.24) is 14.5 Å². The van der Waals surface area contributed by atoms with E-state index in [1.165, 1.54) is 10.9 Å². The van der Waals surface area contributed by atoms with Crippen molar-refractivity contribution >= 4 is 16.8 Å². The molecule has 0 aliphatic heterocycles. The second kappa shape index (κ2) is 7.95. The van der Waals surface area contributed by atoms with Crippen molar-refractivity contribution in [3.05, 3.63) is 64.7 Å². The Bertz CT molecular complexity index is 1100. The van der Waals surface area contributed by atoms with E-state index in [1.54, 1.807) is 32.4 Å². The minimum absolute atomic E-state index is 0.0422. The maximum Gasteiger partial charge on any atom is 0.261 e. The van der Waals surface area contributed by atoms with E-state index < -0.39 is 0 Å². The van der Waals surface area contributed by atoms with Gasteiger partial charge in [0.15, 0.2) is 0 Å². The van der Waals surface area contributed by atoms with Gasteiger partial charge in [-0.2, -0.15) is 0 Å². The fourth-order valence-corrected chi connectivity index (χ4v) is 3.45. The minimum Gasteiger partial charge on any atom is -0.497 e. The normalized spacial score (nSPS) is 13.3. The second-order valence-electron chi connectivity index (χ2n) is 7.13. The number of fused-ring (bicyclic) bond motifs is 1. The summed E-state index contributed by atoms with van der Waals surface area (Å²) in [6, 6.07) is 12.9. The number of rotatable bonds is 7. The van der Waals surface area contributed by atoms with Crippen LogP contribution in [0.4, 0.5) is 0 Å². The lowest BCUT2D eigenvalue weighted by molar-refractivity contribution is -0.133. The van der Waals surface area contributed by atoms with Crippen molar-refractivity contribution in [1.29, 1.82) is 0 Å². The van der Waals surface area contributed by atoms with Crippen LogP contribution in [0.25, 0.3) is 10.9 Å². The molecule has 0 radical (unpaired) electrons. The summed E-state index contributed by atoms with van der Waals surface area (Å²) in [5.41, 5.74) is 1.29. The van der Waals surface area contributed by atoms with Crippen LogP contribution in [0.5, 0.6) is 11.5 Å². The Morgan fingerprint density at radius 2 is 1.97 bits per heavy atom. The molecule has 150 valence electrons. The number of hydrogen-bond acceptors (Lipinski definition) is 5. The molecule has 3 aromatic rings. The molecule has 29 heavy (non-hydrogen) atoms. The predicted octanol–water partition coefficient (Wildman–Crippen LogP) is 2.60. The van der Waals surface area contributed by atoms with Crippen molar-refractivity contribution in [2.45, 2.75) is 32.0 Å². The molecule has 1 aromatic heterocycles. The maximum atomic E-state index is 13.1. The number of carbonyl (C=O) groups excluding carboxylic acids is 1. The van der Waals surface area contributed by atoms with Gasteiger partial charge in [0.1, 0.15) is 18.0 Å². The van der Waals surface area contributed by atoms with E-state index in [4.69, 9.17) is 9.47 Å². The highest BCUT2D eigenvalue weighted by Gasteiger charge is 2.33. The van der Waals surface area contributed by atoms with Gasteiger partial charge in [-0.1, -0.05) is 12.1 Å². The van der Waals surface area contributed by atoms with Crippen LogP contribution in [0.2, 0.25) is 0 Å². The molecule has 0 saturated heterocycles. The Hall–Kier alpha value is -3.35. The average molecular weight is 393 g/mol. The molecule has 0 unspecified atom stereocenters. The maximum absolute atomic E-state index is 13.1. The summed E-state index contributed by atoms with van der Waals surface area (Å²) in [7, 11) is 3.21. The fourth-order valence-electron chi connectivity index (χ4n) is 3.45. The van der Waals surface area contributed by atoms with Crippen LogP contribution in [-0.4, -0.2) is 40.6 Å². The molecule has 0 bridgehead atoms. The van der Waals surface area contributed by atoms with Crippen molar-refractivity contribution in [3.63, 3.8) is 0 Å². The van der Waals surface area contributed by atoms with Crippen LogP contribution < -0.4 is 15.0 Å². The van der Waals surface area contributed by atoms with E-state index in [1.807, 2.05) is 29.2 Å². The van der Waals surface area contributed by atoms with E-state index in [0.717, 1.165) is 18.4 Å². The molecule has 0 N–H and O–H groups in total. The molecule has 1 saturated carbocycles. The quantitative estimate of drug-likeness (QED) is 0.617.